The zero-order chi connectivity index (χ0) is 9.31. The Kier molecular flexibility index (Phi) is 2.43. The quantitative estimate of drug-likeness (QED) is 0.616. The summed E-state index contributed by atoms with van der Waals surface area (Å²) in [5.41, 5.74) is 0.268. The van der Waals surface area contributed by atoms with E-state index < -0.39 is 0 Å². The smallest absolute Gasteiger partial charge is 0.0690 e. The first kappa shape index (κ1) is 9.22. The largest absolute Gasteiger partial charge is 0.377 e. The zero-order valence-electron chi connectivity index (χ0n) is 8.62. The van der Waals surface area contributed by atoms with E-state index in [1.54, 1.807) is 0 Å². The molecule has 0 saturated carbocycles. The third-order valence-corrected chi connectivity index (χ3v) is 3.09. The molecule has 0 amide bonds. The predicted molar refractivity (Wildman–Crippen MR) is 53.8 cm³/mol. The Bertz CT molecular complexity index is 212. The molecule has 0 aromatic heterocycles. The molecule has 2 nitrogen and oxygen atoms in total. The molecule has 2 heteroatoms. The van der Waals surface area contributed by atoms with Crippen LogP contribution in [0.4, 0.5) is 0 Å². The fourth-order valence-electron chi connectivity index (χ4n) is 2.34. The summed E-state index contributed by atoms with van der Waals surface area (Å²) in [5, 5.41) is 0. The van der Waals surface area contributed by atoms with Gasteiger partial charge in [0.15, 0.2) is 0 Å². The standard InChI is InChI=1S/C11H19NO/c1-10(2)13-9-11-5-3-7-12(11)8-4-6-11/h3,5,10H,4,6-9H2,1-2H3. The van der Waals surface area contributed by atoms with E-state index in [0.29, 0.717) is 6.10 Å². The Balaban J connectivity index is 1.97. The van der Waals surface area contributed by atoms with Crippen LogP contribution >= 0.6 is 0 Å². The van der Waals surface area contributed by atoms with Gasteiger partial charge >= 0.3 is 0 Å². The summed E-state index contributed by atoms with van der Waals surface area (Å²) in [6.45, 7) is 7.46. The Morgan fingerprint density at radius 2 is 2.38 bits per heavy atom. The van der Waals surface area contributed by atoms with Crippen molar-refractivity contribution < 1.29 is 4.74 Å². The lowest BCUT2D eigenvalue weighted by atomic mass is 9.99. The van der Waals surface area contributed by atoms with Gasteiger partial charge in [-0.1, -0.05) is 12.2 Å². The Morgan fingerprint density at radius 1 is 1.54 bits per heavy atom. The van der Waals surface area contributed by atoms with Crippen molar-refractivity contribution in [3.8, 4) is 0 Å². The van der Waals surface area contributed by atoms with E-state index in [1.165, 1.54) is 19.4 Å². The van der Waals surface area contributed by atoms with Gasteiger partial charge in [0.2, 0.25) is 0 Å². The molecule has 0 radical (unpaired) electrons. The maximum Gasteiger partial charge on any atom is 0.0690 e. The second-order valence-electron chi connectivity index (χ2n) is 4.42. The van der Waals surface area contributed by atoms with Crippen molar-refractivity contribution in [1.82, 2.24) is 4.90 Å². The summed E-state index contributed by atoms with van der Waals surface area (Å²) in [6, 6.07) is 0. The van der Waals surface area contributed by atoms with Gasteiger partial charge in [0.05, 0.1) is 18.2 Å². The van der Waals surface area contributed by atoms with Crippen LogP contribution in [0.15, 0.2) is 12.2 Å². The highest BCUT2D eigenvalue weighted by molar-refractivity contribution is 5.18. The highest BCUT2D eigenvalue weighted by Crippen LogP contribution is 2.34. The molecule has 1 atom stereocenters. The summed E-state index contributed by atoms with van der Waals surface area (Å²) in [4.78, 5) is 2.54. The molecule has 1 saturated heterocycles. The van der Waals surface area contributed by atoms with Crippen LogP contribution < -0.4 is 0 Å². The number of fused-ring (bicyclic) bond motifs is 1. The van der Waals surface area contributed by atoms with Crippen molar-refractivity contribution in [1.29, 1.82) is 0 Å². The minimum Gasteiger partial charge on any atom is -0.377 e. The van der Waals surface area contributed by atoms with Crippen molar-refractivity contribution in [2.45, 2.75) is 38.3 Å². The first-order valence-electron chi connectivity index (χ1n) is 5.27. The summed E-state index contributed by atoms with van der Waals surface area (Å²) in [5.74, 6) is 0. The molecular formula is C11H19NO. The topological polar surface area (TPSA) is 12.5 Å². The van der Waals surface area contributed by atoms with E-state index in [0.717, 1.165) is 13.2 Å². The Hall–Kier alpha value is -0.340. The molecule has 2 aliphatic rings. The normalized spacial score (nSPS) is 33.2. The van der Waals surface area contributed by atoms with Gasteiger partial charge in [-0.15, -0.1) is 0 Å². The monoisotopic (exact) mass is 181 g/mol. The van der Waals surface area contributed by atoms with Crippen molar-refractivity contribution in [3.05, 3.63) is 12.2 Å². The number of hydrogen-bond acceptors (Lipinski definition) is 2. The lowest BCUT2D eigenvalue weighted by molar-refractivity contribution is 0.0166. The molecule has 0 aromatic rings. The van der Waals surface area contributed by atoms with Gasteiger partial charge in [-0.05, 0) is 33.2 Å². The van der Waals surface area contributed by atoms with Gasteiger partial charge in [0.1, 0.15) is 0 Å². The fourth-order valence-corrected chi connectivity index (χ4v) is 2.34. The predicted octanol–water partition coefficient (Wildman–Crippen LogP) is 1.82. The molecule has 0 bridgehead atoms. The molecule has 2 heterocycles. The molecule has 0 aliphatic carbocycles. The van der Waals surface area contributed by atoms with Gasteiger partial charge < -0.3 is 4.74 Å². The third kappa shape index (κ3) is 1.65. The van der Waals surface area contributed by atoms with Crippen molar-refractivity contribution >= 4 is 0 Å². The van der Waals surface area contributed by atoms with E-state index in [-0.39, 0.29) is 5.54 Å². The molecular weight excluding hydrogens is 162 g/mol. The number of nitrogens with zero attached hydrogens (tertiary/aromatic N) is 1. The van der Waals surface area contributed by atoms with Crippen LogP contribution in [0.1, 0.15) is 26.7 Å². The highest BCUT2D eigenvalue weighted by Gasteiger charge is 2.41. The maximum atomic E-state index is 5.74. The third-order valence-electron chi connectivity index (χ3n) is 3.09. The van der Waals surface area contributed by atoms with Gasteiger partial charge in [-0.2, -0.15) is 0 Å². The van der Waals surface area contributed by atoms with E-state index >= 15 is 0 Å². The van der Waals surface area contributed by atoms with Crippen molar-refractivity contribution in [2.24, 2.45) is 0 Å². The van der Waals surface area contributed by atoms with Crippen molar-refractivity contribution in [2.75, 3.05) is 19.7 Å². The van der Waals surface area contributed by atoms with E-state index in [1.807, 2.05) is 0 Å². The molecule has 1 unspecified atom stereocenters. The highest BCUT2D eigenvalue weighted by atomic mass is 16.5. The van der Waals surface area contributed by atoms with Crippen molar-refractivity contribution in [3.63, 3.8) is 0 Å². The Labute approximate surface area is 80.6 Å². The van der Waals surface area contributed by atoms with Crippen LogP contribution in [0.25, 0.3) is 0 Å². The van der Waals surface area contributed by atoms with Gasteiger partial charge in [0.25, 0.3) is 0 Å². The van der Waals surface area contributed by atoms with Gasteiger partial charge in [-0.3, -0.25) is 4.90 Å². The zero-order valence-corrected chi connectivity index (χ0v) is 8.62. The molecule has 2 aliphatic heterocycles. The number of hydrogen-bond donors (Lipinski definition) is 0. The van der Waals surface area contributed by atoms with E-state index in [9.17, 15) is 0 Å². The molecule has 13 heavy (non-hydrogen) atoms. The minimum absolute atomic E-state index is 0.268. The average molecular weight is 181 g/mol. The number of rotatable bonds is 3. The minimum atomic E-state index is 0.268. The second-order valence-corrected chi connectivity index (χ2v) is 4.42. The molecule has 74 valence electrons. The Morgan fingerprint density at radius 3 is 3.15 bits per heavy atom. The van der Waals surface area contributed by atoms with E-state index in [4.69, 9.17) is 4.74 Å². The first-order valence-corrected chi connectivity index (χ1v) is 5.27. The van der Waals surface area contributed by atoms with E-state index in [2.05, 4.69) is 30.9 Å². The summed E-state index contributed by atoms with van der Waals surface area (Å²) in [7, 11) is 0. The first-order chi connectivity index (χ1) is 6.23. The summed E-state index contributed by atoms with van der Waals surface area (Å²) < 4.78 is 5.74. The average Bonchev–Trinajstić information content (AvgIpc) is 2.57. The van der Waals surface area contributed by atoms with Crippen LogP contribution in [0.5, 0.6) is 0 Å². The van der Waals surface area contributed by atoms with Crippen LogP contribution in [-0.4, -0.2) is 36.2 Å². The summed E-state index contributed by atoms with van der Waals surface area (Å²) in [6.07, 6.45) is 7.58. The summed E-state index contributed by atoms with van der Waals surface area (Å²) >= 11 is 0. The SMILES string of the molecule is CC(C)OCC12C=CCN1CCC2. The van der Waals surface area contributed by atoms with Crippen LogP contribution in [0, 0.1) is 0 Å². The van der Waals surface area contributed by atoms with Crippen LogP contribution in [-0.2, 0) is 4.74 Å². The van der Waals surface area contributed by atoms with Gasteiger partial charge in [0, 0.05) is 6.54 Å². The van der Waals surface area contributed by atoms with Crippen LogP contribution in [0.3, 0.4) is 0 Å². The maximum absolute atomic E-state index is 5.74. The molecule has 0 N–H and O–H groups in total. The van der Waals surface area contributed by atoms with Crippen LogP contribution in [0.2, 0.25) is 0 Å². The molecule has 1 fully saturated rings. The van der Waals surface area contributed by atoms with Gasteiger partial charge in [-0.25, -0.2) is 0 Å². The lowest BCUT2D eigenvalue weighted by Gasteiger charge is -2.31. The lowest BCUT2D eigenvalue weighted by Crippen LogP contribution is -2.43. The second kappa shape index (κ2) is 3.43. The molecule has 0 spiro atoms. The number of ether oxygens (including phenoxy) is 1. The fraction of sp³-hybridized carbons (Fsp3) is 0.818. The molecule has 2 rings (SSSR count). The molecule has 0 aromatic carbocycles.